The molecule has 2 rings (SSSR count). The van der Waals surface area contributed by atoms with Crippen molar-refractivity contribution >= 4 is 35.8 Å². The van der Waals surface area contributed by atoms with Gasteiger partial charge in [0.05, 0.1) is 19.8 Å². The van der Waals surface area contributed by atoms with Crippen LogP contribution in [0.5, 0.6) is 0 Å². The number of nitrogens with two attached hydrogens (primary N) is 1. The largest absolute Gasteiger partial charge is 0.376 e. The Bertz CT molecular complexity index is 751. The quantitative estimate of drug-likeness (QED) is 0.260. The molecule has 0 aliphatic heterocycles. The number of carbonyl (C=O) groups is 1. The molecule has 2 aromatic carbocycles. The van der Waals surface area contributed by atoms with Crippen LogP contribution in [0.4, 0.5) is 0 Å². The molecule has 0 radical (unpaired) electrons. The van der Waals surface area contributed by atoms with E-state index in [1.165, 1.54) is 5.56 Å². The van der Waals surface area contributed by atoms with Crippen LogP contribution in [-0.2, 0) is 17.9 Å². The van der Waals surface area contributed by atoms with Gasteiger partial charge in [0.1, 0.15) is 0 Å². The van der Waals surface area contributed by atoms with Crippen molar-refractivity contribution in [3.05, 3.63) is 71.3 Å². The lowest BCUT2D eigenvalue weighted by Crippen LogP contribution is -2.40. The van der Waals surface area contributed by atoms with Crippen molar-refractivity contribution in [2.24, 2.45) is 16.6 Å². The number of hydrogen-bond donors (Lipinski definition) is 3. The van der Waals surface area contributed by atoms with Crippen LogP contribution in [0.2, 0.25) is 0 Å². The van der Waals surface area contributed by atoms with Crippen molar-refractivity contribution < 1.29 is 9.53 Å². The van der Waals surface area contributed by atoms with Gasteiger partial charge in [0, 0.05) is 18.7 Å². The monoisotopic (exact) mass is 510 g/mol. The van der Waals surface area contributed by atoms with Crippen molar-refractivity contribution in [2.45, 2.75) is 27.0 Å². The zero-order valence-corrected chi connectivity index (χ0v) is 19.4. The van der Waals surface area contributed by atoms with Gasteiger partial charge in [-0.1, -0.05) is 49.4 Å². The van der Waals surface area contributed by atoms with E-state index in [1.54, 1.807) is 12.1 Å². The van der Waals surface area contributed by atoms with Gasteiger partial charge in [0.2, 0.25) is 5.91 Å². The maximum Gasteiger partial charge on any atom is 0.248 e. The summed E-state index contributed by atoms with van der Waals surface area (Å²) in [5.74, 6) is 0.687. The summed E-state index contributed by atoms with van der Waals surface area (Å²) < 4.78 is 5.80. The van der Waals surface area contributed by atoms with Crippen LogP contribution < -0.4 is 16.4 Å². The molecule has 0 fully saturated rings. The molecule has 158 valence electrons. The third-order valence-electron chi connectivity index (χ3n) is 4.13. The van der Waals surface area contributed by atoms with E-state index in [9.17, 15) is 4.79 Å². The van der Waals surface area contributed by atoms with Gasteiger partial charge in [0.15, 0.2) is 5.96 Å². The maximum absolute atomic E-state index is 11.1. The number of ether oxygens (including phenoxy) is 1. The first-order valence-corrected chi connectivity index (χ1v) is 9.61. The van der Waals surface area contributed by atoms with Gasteiger partial charge in [-0.2, -0.15) is 0 Å². The van der Waals surface area contributed by atoms with E-state index in [0.717, 1.165) is 24.6 Å². The highest BCUT2D eigenvalue weighted by molar-refractivity contribution is 14.0. The smallest absolute Gasteiger partial charge is 0.248 e. The summed E-state index contributed by atoms with van der Waals surface area (Å²) in [6.45, 7) is 7.55. The minimum atomic E-state index is -0.423. The summed E-state index contributed by atoms with van der Waals surface area (Å²) >= 11 is 0. The molecular formula is C22H31IN4O2. The predicted octanol–water partition coefficient (Wildman–Crippen LogP) is 3.31. The van der Waals surface area contributed by atoms with E-state index in [4.69, 9.17) is 10.5 Å². The van der Waals surface area contributed by atoms with Crippen LogP contribution in [-0.4, -0.2) is 31.6 Å². The SMILES string of the molecule is CCNC(=NCc1ccc(C(N)=O)cc1)NCC(C)COCc1ccccc1.I. The Kier molecular flexibility index (Phi) is 12.0. The van der Waals surface area contributed by atoms with Crippen LogP contribution in [0.25, 0.3) is 0 Å². The van der Waals surface area contributed by atoms with Crippen LogP contribution in [0.1, 0.15) is 35.3 Å². The standard InChI is InChI=1S/C22H30N4O2.HI/c1-3-24-22(26-14-18-9-11-20(12-10-18)21(23)27)25-13-17(2)15-28-16-19-7-5-4-6-8-19;/h4-12,17H,3,13-16H2,1-2H3,(H2,23,27)(H2,24,25,26);1H. The molecule has 4 N–H and O–H groups in total. The average molecular weight is 510 g/mol. The molecule has 29 heavy (non-hydrogen) atoms. The van der Waals surface area contributed by atoms with Gasteiger partial charge < -0.3 is 21.1 Å². The summed E-state index contributed by atoms with van der Waals surface area (Å²) in [4.78, 5) is 15.7. The second kappa shape index (κ2) is 13.9. The summed E-state index contributed by atoms with van der Waals surface area (Å²) in [5.41, 5.74) is 7.96. The zero-order chi connectivity index (χ0) is 20.2. The van der Waals surface area contributed by atoms with Gasteiger partial charge in [-0.3, -0.25) is 4.79 Å². The topological polar surface area (TPSA) is 88.7 Å². The number of rotatable bonds is 10. The summed E-state index contributed by atoms with van der Waals surface area (Å²) in [7, 11) is 0. The van der Waals surface area contributed by atoms with Gasteiger partial charge in [-0.05, 0) is 36.1 Å². The summed E-state index contributed by atoms with van der Waals surface area (Å²) in [6.07, 6.45) is 0. The van der Waals surface area contributed by atoms with Crippen molar-refractivity contribution in [2.75, 3.05) is 19.7 Å². The number of guanidine groups is 1. The molecule has 0 spiro atoms. The Balaban J connectivity index is 0.00000420. The molecule has 7 heteroatoms. The molecule has 2 aromatic rings. The normalized spacial score (nSPS) is 12.0. The van der Waals surface area contributed by atoms with Crippen LogP contribution in [0, 0.1) is 5.92 Å². The molecule has 0 heterocycles. The number of aliphatic imine (C=N–C) groups is 1. The Hall–Kier alpha value is -2.13. The Labute approximate surface area is 190 Å². The number of hydrogen-bond acceptors (Lipinski definition) is 3. The first kappa shape index (κ1) is 24.9. The van der Waals surface area contributed by atoms with Crippen LogP contribution in [0.15, 0.2) is 59.6 Å². The molecule has 0 aromatic heterocycles. The summed E-state index contributed by atoms with van der Waals surface area (Å²) in [6, 6.07) is 17.3. The number of amides is 1. The molecule has 0 saturated heterocycles. The molecule has 6 nitrogen and oxygen atoms in total. The second-order valence-electron chi connectivity index (χ2n) is 6.74. The van der Waals surface area contributed by atoms with E-state index < -0.39 is 5.91 Å². The van der Waals surface area contributed by atoms with E-state index >= 15 is 0 Å². The molecular weight excluding hydrogens is 479 g/mol. The van der Waals surface area contributed by atoms with Gasteiger partial charge in [-0.25, -0.2) is 4.99 Å². The van der Waals surface area contributed by atoms with Crippen molar-refractivity contribution in [3.63, 3.8) is 0 Å². The highest BCUT2D eigenvalue weighted by Gasteiger charge is 2.05. The highest BCUT2D eigenvalue weighted by atomic mass is 127. The number of benzene rings is 2. The predicted molar refractivity (Wildman–Crippen MR) is 128 cm³/mol. The number of nitrogens with one attached hydrogen (secondary N) is 2. The second-order valence-corrected chi connectivity index (χ2v) is 6.74. The lowest BCUT2D eigenvalue weighted by Gasteiger charge is -2.16. The molecule has 1 atom stereocenters. The lowest BCUT2D eigenvalue weighted by atomic mass is 10.1. The molecule has 0 aliphatic rings. The van der Waals surface area contributed by atoms with Crippen molar-refractivity contribution in [1.82, 2.24) is 10.6 Å². The number of nitrogens with zero attached hydrogens (tertiary/aromatic N) is 1. The lowest BCUT2D eigenvalue weighted by molar-refractivity contribution is 0.0931. The van der Waals surface area contributed by atoms with E-state index in [-0.39, 0.29) is 24.0 Å². The van der Waals surface area contributed by atoms with Crippen LogP contribution in [0.3, 0.4) is 0 Å². The Morgan fingerprint density at radius 3 is 2.38 bits per heavy atom. The number of halogens is 1. The molecule has 0 saturated carbocycles. The Morgan fingerprint density at radius 1 is 1.07 bits per heavy atom. The maximum atomic E-state index is 11.1. The fourth-order valence-electron chi connectivity index (χ4n) is 2.57. The van der Waals surface area contributed by atoms with Crippen molar-refractivity contribution in [3.8, 4) is 0 Å². The van der Waals surface area contributed by atoms with Gasteiger partial charge >= 0.3 is 0 Å². The van der Waals surface area contributed by atoms with Gasteiger partial charge in [0.25, 0.3) is 0 Å². The fraction of sp³-hybridized carbons (Fsp3) is 0.364. The highest BCUT2D eigenvalue weighted by Crippen LogP contribution is 2.06. The third kappa shape index (κ3) is 9.76. The third-order valence-corrected chi connectivity index (χ3v) is 4.13. The zero-order valence-electron chi connectivity index (χ0n) is 17.1. The van der Waals surface area contributed by atoms with E-state index in [0.29, 0.717) is 31.2 Å². The van der Waals surface area contributed by atoms with E-state index in [1.807, 2.05) is 37.3 Å². The Morgan fingerprint density at radius 2 is 1.76 bits per heavy atom. The van der Waals surface area contributed by atoms with Crippen LogP contribution >= 0.6 is 24.0 Å². The average Bonchev–Trinajstić information content (AvgIpc) is 2.71. The molecule has 1 unspecified atom stereocenters. The minimum Gasteiger partial charge on any atom is -0.376 e. The van der Waals surface area contributed by atoms with E-state index in [2.05, 4.69) is 34.7 Å². The molecule has 0 aliphatic carbocycles. The first-order valence-electron chi connectivity index (χ1n) is 9.61. The number of primary amides is 1. The first-order chi connectivity index (χ1) is 13.6. The van der Waals surface area contributed by atoms with Crippen molar-refractivity contribution in [1.29, 1.82) is 0 Å². The molecule has 0 bridgehead atoms. The molecule has 1 amide bonds. The summed E-state index contributed by atoms with van der Waals surface area (Å²) in [5, 5.41) is 6.60. The van der Waals surface area contributed by atoms with Gasteiger partial charge in [-0.15, -0.1) is 24.0 Å². The number of carbonyl (C=O) groups excluding carboxylic acids is 1. The minimum absolute atomic E-state index is 0. The fourth-order valence-corrected chi connectivity index (χ4v) is 2.57.